The van der Waals surface area contributed by atoms with Crippen molar-refractivity contribution in [3.63, 3.8) is 0 Å². The topological polar surface area (TPSA) is 79.4 Å². The molecule has 0 fully saturated rings. The van der Waals surface area contributed by atoms with Crippen LogP contribution in [0.5, 0.6) is 0 Å². The number of aliphatic hydroxyl groups is 2. The second-order valence-electron chi connectivity index (χ2n) is 6.07. The minimum absolute atomic E-state index is 0. The standard InChI is InChI=1S/C14H4F5N2O.C5H12O2.Ir/c15-8-7(9(16)11(18)12(19)10(8)17)14-21-20-13(22-14)6-4-2-1-3-5-6;1-4(6)3-5(2)7;/h1-4H;4-7H,3H2,1-2H3;/q-1;;. The monoisotopic (exact) mass is 608 g/mol. The fraction of sp³-hybridized carbons (Fsp3) is 0.263. The maximum Gasteiger partial charge on any atom is 0.243 e. The molecule has 1 aromatic heterocycles. The quantitative estimate of drug-likeness (QED) is 0.203. The van der Waals surface area contributed by atoms with Gasteiger partial charge in [-0.2, -0.15) is 5.10 Å². The summed E-state index contributed by atoms with van der Waals surface area (Å²) in [7, 11) is 0. The van der Waals surface area contributed by atoms with Crippen molar-refractivity contribution in [1.82, 2.24) is 10.2 Å². The van der Waals surface area contributed by atoms with Crippen molar-refractivity contribution in [3.8, 4) is 22.9 Å². The normalized spacial score (nSPS) is 12.4. The molecule has 2 N–H and O–H groups in total. The van der Waals surface area contributed by atoms with Crippen molar-refractivity contribution >= 4 is 0 Å². The summed E-state index contributed by atoms with van der Waals surface area (Å²) in [4.78, 5) is 0. The summed E-state index contributed by atoms with van der Waals surface area (Å²) in [6.07, 6.45) is -0.278. The van der Waals surface area contributed by atoms with E-state index in [9.17, 15) is 22.0 Å². The number of benzene rings is 2. The first-order valence-corrected chi connectivity index (χ1v) is 8.32. The molecule has 0 aliphatic rings. The van der Waals surface area contributed by atoms with Crippen LogP contribution >= 0.6 is 0 Å². The first kappa shape index (κ1) is 25.8. The molecule has 11 heteroatoms. The van der Waals surface area contributed by atoms with Crippen LogP contribution in [0, 0.1) is 35.2 Å². The minimum atomic E-state index is -2.25. The van der Waals surface area contributed by atoms with Crippen molar-refractivity contribution in [3.05, 3.63) is 59.4 Å². The van der Waals surface area contributed by atoms with Gasteiger partial charge in [-0.05, 0) is 20.3 Å². The van der Waals surface area contributed by atoms with Gasteiger partial charge in [-0.3, -0.25) is 0 Å². The molecule has 0 saturated carbocycles. The van der Waals surface area contributed by atoms with Gasteiger partial charge in [-0.15, -0.1) is 35.4 Å². The van der Waals surface area contributed by atoms with E-state index in [1.165, 1.54) is 12.1 Å². The second kappa shape index (κ2) is 11.3. The maximum atomic E-state index is 13.6. The Hall–Kier alpha value is -2.20. The van der Waals surface area contributed by atoms with Crippen LogP contribution in [0.25, 0.3) is 22.9 Å². The van der Waals surface area contributed by atoms with Gasteiger partial charge in [0.05, 0.1) is 12.2 Å². The number of aromatic nitrogens is 2. The van der Waals surface area contributed by atoms with Gasteiger partial charge in [0.1, 0.15) is 5.56 Å². The van der Waals surface area contributed by atoms with Gasteiger partial charge in [0.25, 0.3) is 0 Å². The average molecular weight is 608 g/mol. The van der Waals surface area contributed by atoms with E-state index in [4.69, 9.17) is 14.6 Å². The van der Waals surface area contributed by atoms with E-state index >= 15 is 0 Å². The zero-order chi connectivity index (χ0) is 21.7. The largest absolute Gasteiger partial charge is 0.464 e. The summed E-state index contributed by atoms with van der Waals surface area (Å²) in [5.74, 6) is -11.5. The van der Waals surface area contributed by atoms with Crippen LogP contribution in [-0.2, 0) is 20.1 Å². The first-order valence-electron chi connectivity index (χ1n) is 8.32. The summed E-state index contributed by atoms with van der Waals surface area (Å²) in [6, 6.07) is 9.04. The van der Waals surface area contributed by atoms with Crippen LogP contribution in [0.4, 0.5) is 22.0 Å². The predicted molar refractivity (Wildman–Crippen MR) is 91.8 cm³/mol. The van der Waals surface area contributed by atoms with E-state index in [2.05, 4.69) is 16.3 Å². The molecule has 0 aliphatic heterocycles. The Morgan fingerprint density at radius 1 is 0.867 bits per heavy atom. The van der Waals surface area contributed by atoms with E-state index in [-0.39, 0.29) is 38.2 Å². The van der Waals surface area contributed by atoms with E-state index < -0.39 is 40.5 Å². The Labute approximate surface area is 181 Å². The molecule has 3 rings (SSSR count). The Morgan fingerprint density at radius 3 is 1.80 bits per heavy atom. The molecular formula is C19H16F5IrN2O3-. The van der Waals surface area contributed by atoms with Crippen molar-refractivity contribution < 1.29 is 56.7 Å². The van der Waals surface area contributed by atoms with Gasteiger partial charge in [0.15, 0.2) is 29.2 Å². The molecule has 1 heterocycles. The smallest absolute Gasteiger partial charge is 0.243 e. The number of halogens is 5. The third kappa shape index (κ3) is 6.15. The van der Waals surface area contributed by atoms with Crippen molar-refractivity contribution in [2.75, 3.05) is 0 Å². The third-order valence-corrected chi connectivity index (χ3v) is 3.47. The summed E-state index contributed by atoms with van der Waals surface area (Å²) >= 11 is 0. The molecule has 0 spiro atoms. The Kier molecular flexibility index (Phi) is 9.70. The van der Waals surface area contributed by atoms with Crippen molar-refractivity contribution in [1.29, 1.82) is 0 Å². The zero-order valence-corrected chi connectivity index (χ0v) is 18.0. The van der Waals surface area contributed by atoms with Crippen LogP contribution in [0.2, 0.25) is 0 Å². The Bertz CT molecular complexity index is 933. The van der Waals surface area contributed by atoms with Crippen LogP contribution in [0.1, 0.15) is 20.3 Å². The van der Waals surface area contributed by atoms with Crippen LogP contribution < -0.4 is 0 Å². The van der Waals surface area contributed by atoms with E-state index in [1.54, 1.807) is 26.0 Å². The molecule has 2 unspecified atom stereocenters. The molecular weight excluding hydrogens is 591 g/mol. The number of hydrogen-bond donors (Lipinski definition) is 2. The number of nitrogens with zero attached hydrogens (tertiary/aromatic N) is 2. The van der Waals surface area contributed by atoms with Crippen LogP contribution in [0.3, 0.4) is 0 Å². The molecule has 0 bridgehead atoms. The first-order chi connectivity index (χ1) is 13.6. The molecule has 3 aromatic rings. The van der Waals surface area contributed by atoms with Gasteiger partial charge < -0.3 is 14.6 Å². The van der Waals surface area contributed by atoms with Crippen LogP contribution in [0.15, 0.2) is 28.7 Å². The van der Waals surface area contributed by atoms with Crippen molar-refractivity contribution in [2.24, 2.45) is 0 Å². The summed E-state index contributed by atoms with van der Waals surface area (Å²) in [6.45, 7) is 3.32. The van der Waals surface area contributed by atoms with Gasteiger partial charge >= 0.3 is 0 Å². The van der Waals surface area contributed by atoms with Gasteiger partial charge in [0.2, 0.25) is 11.7 Å². The number of aliphatic hydroxyl groups excluding tert-OH is 2. The SMILES string of the molecule is CC(O)CC(C)O.Fc1c(F)c(F)c(-c2nnc(-c3[c-]cccc3)o2)c(F)c1F.[Ir]. The van der Waals surface area contributed by atoms with E-state index in [1.807, 2.05) is 0 Å². The van der Waals surface area contributed by atoms with Crippen molar-refractivity contribution in [2.45, 2.75) is 32.5 Å². The Balaban J connectivity index is 0.000000489. The second-order valence-corrected chi connectivity index (χ2v) is 6.07. The molecule has 165 valence electrons. The molecule has 2 aromatic carbocycles. The zero-order valence-electron chi connectivity index (χ0n) is 15.6. The predicted octanol–water partition coefficient (Wildman–Crippen LogP) is 4.03. The molecule has 0 aliphatic carbocycles. The van der Waals surface area contributed by atoms with Gasteiger partial charge in [-0.25, -0.2) is 22.0 Å². The molecule has 5 nitrogen and oxygen atoms in total. The molecule has 2 atom stereocenters. The average Bonchev–Trinajstić information content (AvgIpc) is 3.15. The summed E-state index contributed by atoms with van der Waals surface area (Å²) in [5.41, 5.74) is -0.962. The van der Waals surface area contributed by atoms with Gasteiger partial charge in [0, 0.05) is 20.1 Å². The maximum absolute atomic E-state index is 13.6. The van der Waals surface area contributed by atoms with E-state index in [0.717, 1.165) is 0 Å². The molecule has 0 amide bonds. The van der Waals surface area contributed by atoms with E-state index in [0.29, 0.717) is 12.0 Å². The molecule has 1 radical (unpaired) electrons. The fourth-order valence-corrected chi connectivity index (χ4v) is 2.25. The molecule has 0 saturated heterocycles. The number of hydrogen-bond acceptors (Lipinski definition) is 5. The summed E-state index contributed by atoms with van der Waals surface area (Å²) < 4.78 is 71.6. The minimum Gasteiger partial charge on any atom is -0.464 e. The third-order valence-electron chi connectivity index (χ3n) is 3.47. The van der Waals surface area contributed by atoms with Crippen LogP contribution in [-0.4, -0.2) is 32.6 Å². The molecule has 30 heavy (non-hydrogen) atoms. The summed E-state index contributed by atoms with van der Waals surface area (Å²) in [5, 5.41) is 24.0. The van der Waals surface area contributed by atoms with Gasteiger partial charge in [-0.1, -0.05) is 5.56 Å². The Morgan fingerprint density at radius 2 is 1.37 bits per heavy atom. The number of rotatable bonds is 4. The fourth-order valence-electron chi connectivity index (χ4n) is 2.25.